The molecule has 1 fully saturated rings. The third-order valence-electron chi connectivity index (χ3n) is 6.10. The van der Waals surface area contributed by atoms with Crippen LogP contribution in [0.2, 0.25) is 0 Å². The quantitative estimate of drug-likeness (QED) is 0.124. The van der Waals surface area contributed by atoms with Crippen molar-refractivity contribution in [3.05, 3.63) is 85.5 Å². The van der Waals surface area contributed by atoms with E-state index in [-0.39, 0.29) is 50.0 Å². The second-order valence-corrected chi connectivity index (χ2v) is 10.3. The molecule has 2 aliphatic rings. The van der Waals surface area contributed by atoms with Gasteiger partial charge < -0.3 is 23.7 Å². The number of carbonyl (C=O) groups excluding carboxylic acids is 5. The molecule has 0 radical (unpaired) electrons. The number of nitrogens with one attached hydrogen (secondary N) is 1. The number of rotatable bonds is 15. The molecule has 44 heavy (non-hydrogen) atoms. The van der Waals surface area contributed by atoms with Gasteiger partial charge in [-0.2, -0.15) is 0 Å². The van der Waals surface area contributed by atoms with Crippen LogP contribution in [0.15, 0.2) is 85.5 Å². The van der Waals surface area contributed by atoms with E-state index in [1.54, 1.807) is 24.3 Å². The van der Waals surface area contributed by atoms with E-state index in [0.717, 1.165) is 11.8 Å². The number of carbonyl (C=O) groups is 5. The Morgan fingerprint density at radius 1 is 0.955 bits per heavy atom. The molecule has 2 heterocycles. The molecule has 1 saturated heterocycles. The maximum Gasteiger partial charge on any atom is 0.508 e. The molecule has 14 heteroatoms. The Kier molecular flexibility index (Phi) is 12.2. The van der Waals surface area contributed by atoms with Crippen molar-refractivity contribution >= 4 is 53.4 Å². The van der Waals surface area contributed by atoms with E-state index < -0.39 is 47.6 Å². The SMILES string of the molecule is C=CCOC(=O)Nc1ccccc1N(CC1=C(C(=O)OCC=C)N2C(=O)[C@H]([C@@H](C)OC(=O)OCC=C)[C@H]2S1)C(=O)OCC=C. The van der Waals surface area contributed by atoms with E-state index >= 15 is 0 Å². The summed E-state index contributed by atoms with van der Waals surface area (Å²) in [6, 6.07) is 6.38. The van der Waals surface area contributed by atoms with Gasteiger partial charge in [0, 0.05) is 4.91 Å². The minimum atomic E-state index is -0.975. The number of para-hydroxylation sites is 2. The number of amides is 3. The molecule has 0 unspecified atom stereocenters. The summed E-state index contributed by atoms with van der Waals surface area (Å²) in [5.41, 5.74) is 0.332. The van der Waals surface area contributed by atoms with Gasteiger partial charge in [-0.15, -0.1) is 0 Å². The van der Waals surface area contributed by atoms with Crippen LogP contribution in [0, 0.1) is 5.92 Å². The number of nitrogens with zero attached hydrogens (tertiary/aromatic N) is 2. The van der Waals surface area contributed by atoms with Crippen molar-refractivity contribution in [2.45, 2.75) is 18.4 Å². The summed E-state index contributed by atoms with van der Waals surface area (Å²) in [5, 5.41) is 1.93. The van der Waals surface area contributed by atoms with E-state index in [1.165, 1.54) is 41.0 Å². The Hall–Kier alpha value is -4.98. The van der Waals surface area contributed by atoms with Crippen LogP contribution in [-0.4, -0.2) is 79.6 Å². The Morgan fingerprint density at radius 2 is 1.57 bits per heavy atom. The first kappa shape index (κ1) is 33.5. The van der Waals surface area contributed by atoms with Gasteiger partial charge in [-0.25, -0.2) is 19.2 Å². The van der Waals surface area contributed by atoms with Crippen LogP contribution in [0.4, 0.5) is 25.8 Å². The Bertz CT molecular complexity index is 1360. The molecule has 3 amide bonds. The summed E-state index contributed by atoms with van der Waals surface area (Å²) in [6.45, 7) is 15.0. The average Bonchev–Trinajstić information content (AvgIpc) is 3.33. The minimum Gasteiger partial charge on any atom is -0.457 e. The highest BCUT2D eigenvalue weighted by atomic mass is 32.2. The number of benzene rings is 1. The van der Waals surface area contributed by atoms with Gasteiger partial charge in [-0.05, 0) is 19.1 Å². The maximum absolute atomic E-state index is 13.4. The molecular formula is C30H33N3O10S. The molecule has 234 valence electrons. The molecule has 3 atom stereocenters. The van der Waals surface area contributed by atoms with Crippen molar-refractivity contribution in [2.75, 3.05) is 43.2 Å². The van der Waals surface area contributed by atoms with E-state index in [0.29, 0.717) is 4.91 Å². The Labute approximate surface area is 258 Å². The molecule has 0 aromatic heterocycles. The zero-order valence-electron chi connectivity index (χ0n) is 24.1. The maximum atomic E-state index is 13.4. The monoisotopic (exact) mass is 627 g/mol. The van der Waals surface area contributed by atoms with Crippen LogP contribution in [0.3, 0.4) is 0 Å². The lowest BCUT2D eigenvalue weighted by Gasteiger charge is -2.44. The van der Waals surface area contributed by atoms with Crippen LogP contribution < -0.4 is 10.2 Å². The molecular weight excluding hydrogens is 594 g/mol. The predicted molar refractivity (Wildman–Crippen MR) is 162 cm³/mol. The zero-order chi connectivity index (χ0) is 32.2. The van der Waals surface area contributed by atoms with Crippen molar-refractivity contribution in [1.29, 1.82) is 0 Å². The molecule has 1 aromatic rings. The molecule has 0 aliphatic carbocycles. The van der Waals surface area contributed by atoms with E-state index in [1.807, 2.05) is 0 Å². The molecule has 0 spiro atoms. The van der Waals surface area contributed by atoms with Gasteiger partial charge in [-0.1, -0.05) is 74.5 Å². The highest BCUT2D eigenvalue weighted by molar-refractivity contribution is 8.04. The minimum absolute atomic E-state index is 0.0423. The zero-order valence-corrected chi connectivity index (χ0v) is 24.9. The lowest BCUT2D eigenvalue weighted by atomic mass is 9.92. The van der Waals surface area contributed by atoms with Crippen molar-refractivity contribution < 1.29 is 47.7 Å². The molecule has 3 rings (SSSR count). The summed E-state index contributed by atoms with van der Waals surface area (Å²) in [5.74, 6) is -2.13. The molecule has 0 saturated carbocycles. The van der Waals surface area contributed by atoms with Gasteiger partial charge in [0.15, 0.2) is 0 Å². The third-order valence-corrected chi connectivity index (χ3v) is 7.45. The van der Waals surface area contributed by atoms with E-state index in [4.69, 9.17) is 23.7 Å². The van der Waals surface area contributed by atoms with Crippen LogP contribution in [-0.2, 0) is 33.3 Å². The Balaban J connectivity index is 1.97. The highest BCUT2D eigenvalue weighted by Crippen LogP contribution is 2.51. The van der Waals surface area contributed by atoms with Crippen LogP contribution in [0.5, 0.6) is 0 Å². The lowest BCUT2D eigenvalue weighted by Crippen LogP contribution is -2.61. The smallest absolute Gasteiger partial charge is 0.457 e. The molecule has 1 N–H and O–H groups in total. The van der Waals surface area contributed by atoms with Crippen LogP contribution in [0.1, 0.15) is 6.92 Å². The van der Waals surface area contributed by atoms with Crippen molar-refractivity contribution in [3.63, 3.8) is 0 Å². The average molecular weight is 628 g/mol. The number of fused-ring (bicyclic) bond motifs is 1. The molecule has 1 aromatic carbocycles. The number of hydrogen-bond acceptors (Lipinski definition) is 11. The number of ether oxygens (including phenoxy) is 5. The summed E-state index contributed by atoms with van der Waals surface area (Å²) in [6.07, 6.45) is 2.02. The summed E-state index contributed by atoms with van der Waals surface area (Å²) < 4.78 is 25.7. The topological polar surface area (TPSA) is 150 Å². The number of hydrogen-bond donors (Lipinski definition) is 1. The van der Waals surface area contributed by atoms with Crippen LogP contribution in [0.25, 0.3) is 0 Å². The highest BCUT2D eigenvalue weighted by Gasteiger charge is 2.59. The number of β-lactam (4-membered cyclic amide) rings is 1. The van der Waals surface area contributed by atoms with Gasteiger partial charge in [0.2, 0.25) is 5.91 Å². The summed E-state index contributed by atoms with van der Waals surface area (Å²) >= 11 is 1.13. The Morgan fingerprint density at radius 3 is 2.25 bits per heavy atom. The van der Waals surface area contributed by atoms with Gasteiger partial charge in [0.25, 0.3) is 0 Å². The number of thioether (sulfide) groups is 1. The first-order valence-corrected chi connectivity index (χ1v) is 14.2. The molecule has 2 aliphatic heterocycles. The van der Waals surface area contributed by atoms with E-state index in [9.17, 15) is 24.0 Å². The fourth-order valence-electron chi connectivity index (χ4n) is 4.23. The first-order valence-electron chi connectivity index (χ1n) is 13.3. The fraction of sp³-hybridized carbons (Fsp3) is 0.300. The number of esters is 1. The van der Waals surface area contributed by atoms with Crippen molar-refractivity contribution in [1.82, 2.24) is 4.90 Å². The predicted octanol–water partition coefficient (Wildman–Crippen LogP) is 4.75. The van der Waals surface area contributed by atoms with E-state index in [2.05, 4.69) is 31.6 Å². The molecule has 13 nitrogen and oxygen atoms in total. The first-order chi connectivity index (χ1) is 21.2. The second kappa shape index (κ2) is 16.0. The van der Waals surface area contributed by atoms with Gasteiger partial charge >= 0.3 is 24.3 Å². The van der Waals surface area contributed by atoms with Crippen LogP contribution >= 0.6 is 11.8 Å². The standard InChI is InChI=1S/C30H33N3O10S/c1-6-14-39-27(35)24-22(44-26-23(25(34)33(24)26)19(5)43-30(38)42-17-9-4)18-32(29(37)41-16-8-3)21-13-11-10-12-20(21)31-28(36)40-15-7-2/h6-13,19,23,26H,1-4,14-18H2,5H3,(H,31,36)/t19-,23+,26-/m1/s1. The summed E-state index contributed by atoms with van der Waals surface area (Å²) in [7, 11) is 0. The number of anilines is 2. The molecule has 0 bridgehead atoms. The largest absolute Gasteiger partial charge is 0.508 e. The summed E-state index contributed by atoms with van der Waals surface area (Å²) in [4.78, 5) is 67.0. The van der Waals surface area contributed by atoms with Gasteiger partial charge in [0.1, 0.15) is 49.5 Å². The normalized spacial score (nSPS) is 17.2. The second-order valence-electron chi connectivity index (χ2n) is 9.06. The van der Waals surface area contributed by atoms with Gasteiger partial charge in [-0.3, -0.25) is 19.9 Å². The third kappa shape index (κ3) is 7.89. The van der Waals surface area contributed by atoms with Gasteiger partial charge in [0.05, 0.1) is 17.9 Å². The lowest BCUT2D eigenvalue weighted by molar-refractivity contribution is -0.158. The van der Waals surface area contributed by atoms with Crippen molar-refractivity contribution in [2.24, 2.45) is 5.92 Å². The van der Waals surface area contributed by atoms with Crippen molar-refractivity contribution in [3.8, 4) is 0 Å². The fourth-order valence-corrected chi connectivity index (χ4v) is 5.81.